The SMILES string of the molecule is C/C=C1/c2ccccc2N(S(=O)(=O)c2ccc(C)cc2)CC1CC(=O)OC. The Balaban J connectivity index is 2.11. The van der Waals surface area contributed by atoms with Crippen molar-refractivity contribution in [3.63, 3.8) is 0 Å². The predicted octanol–water partition coefficient (Wildman–Crippen LogP) is 3.79. The van der Waals surface area contributed by atoms with Crippen molar-refractivity contribution < 1.29 is 17.9 Å². The molecule has 1 atom stereocenters. The van der Waals surface area contributed by atoms with Crippen LogP contribution in [0.3, 0.4) is 0 Å². The summed E-state index contributed by atoms with van der Waals surface area (Å²) in [6, 6.07) is 14.2. The van der Waals surface area contributed by atoms with Crippen LogP contribution >= 0.6 is 0 Å². The lowest BCUT2D eigenvalue weighted by molar-refractivity contribution is -0.141. The van der Waals surface area contributed by atoms with Crippen molar-refractivity contribution in [3.8, 4) is 0 Å². The minimum atomic E-state index is -3.75. The van der Waals surface area contributed by atoms with Gasteiger partial charge in [0.1, 0.15) is 0 Å². The normalized spacial score (nSPS) is 18.3. The van der Waals surface area contributed by atoms with Crippen LogP contribution in [0.15, 0.2) is 59.5 Å². The lowest BCUT2D eigenvalue weighted by atomic mass is 9.85. The second kappa shape index (κ2) is 7.56. The first-order valence-electron chi connectivity index (χ1n) is 8.80. The van der Waals surface area contributed by atoms with Crippen LogP contribution in [0.25, 0.3) is 5.57 Å². The summed E-state index contributed by atoms with van der Waals surface area (Å²) in [7, 11) is -2.40. The van der Waals surface area contributed by atoms with Crippen LogP contribution in [0.1, 0.15) is 24.5 Å². The first kappa shape index (κ1) is 19.2. The molecule has 0 radical (unpaired) electrons. The molecule has 6 heteroatoms. The fourth-order valence-electron chi connectivity index (χ4n) is 3.47. The Morgan fingerprint density at radius 1 is 1.19 bits per heavy atom. The van der Waals surface area contributed by atoms with Gasteiger partial charge >= 0.3 is 5.97 Å². The van der Waals surface area contributed by atoms with E-state index in [1.54, 1.807) is 30.3 Å². The zero-order valence-electron chi connectivity index (χ0n) is 15.7. The summed E-state index contributed by atoms with van der Waals surface area (Å²) < 4.78 is 32.9. The second-order valence-corrected chi connectivity index (χ2v) is 8.45. The average molecular weight is 385 g/mol. The van der Waals surface area contributed by atoms with E-state index in [-0.39, 0.29) is 29.7 Å². The molecule has 1 unspecified atom stereocenters. The minimum absolute atomic E-state index is 0.129. The Bertz CT molecular complexity index is 977. The number of sulfonamides is 1. The molecule has 0 spiro atoms. The summed E-state index contributed by atoms with van der Waals surface area (Å²) in [6.45, 7) is 4.01. The van der Waals surface area contributed by atoms with E-state index >= 15 is 0 Å². The van der Waals surface area contributed by atoms with Crippen molar-refractivity contribution in [3.05, 3.63) is 65.7 Å². The molecule has 2 aromatic rings. The smallest absolute Gasteiger partial charge is 0.306 e. The molecule has 0 aliphatic carbocycles. The molecule has 0 saturated heterocycles. The topological polar surface area (TPSA) is 63.7 Å². The molecule has 0 fully saturated rings. The standard InChI is InChI=1S/C21H23NO4S/c1-4-18-16(13-21(23)26-3)14-22(20-8-6-5-7-19(18)20)27(24,25)17-11-9-15(2)10-12-17/h4-12,16H,13-14H2,1-3H3/b18-4+. The van der Waals surface area contributed by atoms with Crippen LogP contribution in [0, 0.1) is 12.8 Å². The third-order valence-corrected chi connectivity index (χ3v) is 6.66. The van der Waals surface area contributed by atoms with Gasteiger partial charge in [-0.25, -0.2) is 8.42 Å². The van der Waals surface area contributed by atoms with Crippen molar-refractivity contribution in [2.45, 2.75) is 25.2 Å². The summed E-state index contributed by atoms with van der Waals surface area (Å²) in [5.41, 5.74) is 3.42. The Morgan fingerprint density at radius 3 is 2.48 bits per heavy atom. The molecule has 0 bridgehead atoms. The summed E-state index contributed by atoms with van der Waals surface area (Å²) in [5.74, 6) is -0.621. The van der Waals surface area contributed by atoms with Crippen molar-refractivity contribution in [1.82, 2.24) is 0 Å². The molecule has 2 aromatic carbocycles. The van der Waals surface area contributed by atoms with Gasteiger partial charge in [-0.05, 0) is 37.6 Å². The zero-order valence-corrected chi connectivity index (χ0v) is 16.5. The number of allylic oxidation sites excluding steroid dienone is 1. The van der Waals surface area contributed by atoms with Gasteiger partial charge in [0.05, 0.1) is 24.1 Å². The van der Waals surface area contributed by atoms with E-state index in [0.717, 1.165) is 16.7 Å². The van der Waals surface area contributed by atoms with Crippen LogP contribution in [0.4, 0.5) is 5.69 Å². The molecule has 5 nitrogen and oxygen atoms in total. The Hall–Kier alpha value is -2.60. The fraction of sp³-hybridized carbons (Fsp3) is 0.286. The van der Waals surface area contributed by atoms with E-state index in [1.165, 1.54) is 11.4 Å². The van der Waals surface area contributed by atoms with E-state index in [1.807, 2.05) is 38.1 Å². The first-order chi connectivity index (χ1) is 12.9. The third kappa shape index (κ3) is 3.62. The Morgan fingerprint density at radius 2 is 1.85 bits per heavy atom. The summed E-state index contributed by atoms with van der Waals surface area (Å²) >= 11 is 0. The number of benzene rings is 2. The highest BCUT2D eigenvalue weighted by Crippen LogP contribution is 2.41. The molecule has 1 aliphatic rings. The molecule has 0 amide bonds. The first-order valence-corrected chi connectivity index (χ1v) is 10.2. The van der Waals surface area contributed by atoms with E-state index in [9.17, 15) is 13.2 Å². The van der Waals surface area contributed by atoms with E-state index in [2.05, 4.69) is 0 Å². The van der Waals surface area contributed by atoms with Crippen molar-refractivity contribution >= 4 is 27.3 Å². The van der Waals surface area contributed by atoms with Gasteiger partial charge in [0, 0.05) is 18.0 Å². The Kier molecular flexibility index (Phi) is 5.37. The highest BCUT2D eigenvalue weighted by Gasteiger charge is 2.36. The number of ether oxygens (including phenoxy) is 1. The predicted molar refractivity (Wildman–Crippen MR) is 106 cm³/mol. The number of esters is 1. The lowest BCUT2D eigenvalue weighted by Crippen LogP contribution is -2.40. The molecule has 27 heavy (non-hydrogen) atoms. The molecule has 142 valence electrons. The van der Waals surface area contributed by atoms with Crippen LogP contribution < -0.4 is 4.31 Å². The van der Waals surface area contributed by atoms with Crippen LogP contribution in [-0.2, 0) is 19.6 Å². The van der Waals surface area contributed by atoms with E-state index in [0.29, 0.717) is 5.69 Å². The number of nitrogens with zero attached hydrogens (tertiary/aromatic N) is 1. The quantitative estimate of drug-likeness (QED) is 0.751. The van der Waals surface area contributed by atoms with E-state index < -0.39 is 10.0 Å². The highest BCUT2D eigenvalue weighted by atomic mass is 32.2. The third-order valence-electron chi connectivity index (χ3n) is 4.87. The number of carbonyl (C=O) groups is 1. The maximum Gasteiger partial charge on any atom is 0.306 e. The van der Waals surface area contributed by atoms with Gasteiger partial charge in [0.15, 0.2) is 0 Å². The van der Waals surface area contributed by atoms with Crippen LogP contribution in [0.2, 0.25) is 0 Å². The zero-order chi connectivity index (χ0) is 19.6. The number of rotatable bonds is 4. The van der Waals surface area contributed by atoms with Gasteiger partial charge in [0.25, 0.3) is 10.0 Å². The van der Waals surface area contributed by atoms with Crippen LogP contribution in [-0.4, -0.2) is 28.0 Å². The van der Waals surface area contributed by atoms with Gasteiger partial charge in [0.2, 0.25) is 0 Å². The summed E-state index contributed by atoms with van der Waals surface area (Å²) in [5, 5.41) is 0. The maximum atomic E-state index is 13.3. The fourth-order valence-corrected chi connectivity index (χ4v) is 5.00. The minimum Gasteiger partial charge on any atom is -0.469 e. The van der Waals surface area contributed by atoms with Gasteiger partial charge in [-0.1, -0.05) is 42.0 Å². The maximum absolute atomic E-state index is 13.3. The molecular formula is C21H23NO4S. The molecule has 0 N–H and O–H groups in total. The summed E-state index contributed by atoms with van der Waals surface area (Å²) in [6.07, 6.45) is 2.08. The largest absolute Gasteiger partial charge is 0.469 e. The molecule has 3 rings (SSSR count). The second-order valence-electron chi connectivity index (χ2n) is 6.59. The Labute approximate surface area is 160 Å². The molecule has 1 aliphatic heterocycles. The number of para-hydroxylation sites is 1. The summed E-state index contributed by atoms with van der Waals surface area (Å²) in [4.78, 5) is 12.1. The van der Waals surface area contributed by atoms with Crippen molar-refractivity contribution in [1.29, 1.82) is 0 Å². The number of carbonyl (C=O) groups excluding carboxylic acids is 1. The van der Waals surface area contributed by atoms with Gasteiger partial charge in [-0.15, -0.1) is 0 Å². The number of hydrogen-bond donors (Lipinski definition) is 0. The number of aryl methyl sites for hydroxylation is 1. The van der Waals surface area contributed by atoms with Crippen LogP contribution in [0.5, 0.6) is 0 Å². The van der Waals surface area contributed by atoms with Crippen molar-refractivity contribution in [2.75, 3.05) is 18.0 Å². The van der Waals surface area contributed by atoms with Crippen molar-refractivity contribution in [2.24, 2.45) is 5.92 Å². The lowest BCUT2D eigenvalue weighted by Gasteiger charge is -2.36. The number of anilines is 1. The van der Waals surface area contributed by atoms with Gasteiger partial charge < -0.3 is 4.74 Å². The molecular weight excluding hydrogens is 362 g/mol. The molecule has 0 saturated carbocycles. The van der Waals surface area contributed by atoms with Gasteiger partial charge in [-0.3, -0.25) is 9.10 Å². The number of methoxy groups -OCH3 is 1. The average Bonchev–Trinajstić information content (AvgIpc) is 2.67. The monoisotopic (exact) mass is 385 g/mol. The number of hydrogen-bond acceptors (Lipinski definition) is 4. The highest BCUT2D eigenvalue weighted by molar-refractivity contribution is 7.92. The van der Waals surface area contributed by atoms with E-state index in [4.69, 9.17) is 4.74 Å². The number of fused-ring (bicyclic) bond motifs is 1. The molecule has 0 aromatic heterocycles. The molecule has 1 heterocycles. The van der Waals surface area contributed by atoms with Gasteiger partial charge in [-0.2, -0.15) is 0 Å².